The molecule has 0 bridgehead atoms. The lowest BCUT2D eigenvalue weighted by atomic mass is 10.1. The van der Waals surface area contributed by atoms with Gasteiger partial charge in [-0.25, -0.2) is 0 Å². The van der Waals surface area contributed by atoms with Gasteiger partial charge in [-0.2, -0.15) is 0 Å². The molecule has 0 saturated heterocycles. The highest BCUT2D eigenvalue weighted by Gasteiger charge is 2.17. The van der Waals surface area contributed by atoms with Crippen LogP contribution >= 0.6 is 31.9 Å². The van der Waals surface area contributed by atoms with E-state index < -0.39 is 0 Å². The highest BCUT2D eigenvalue weighted by atomic mass is 79.9. The molecule has 0 amide bonds. The summed E-state index contributed by atoms with van der Waals surface area (Å²) >= 11 is 7.00. The minimum absolute atomic E-state index is 0.161. The topological polar surface area (TPSA) is 30.5 Å². The van der Waals surface area contributed by atoms with Gasteiger partial charge >= 0.3 is 0 Å². The van der Waals surface area contributed by atoms with Gasteiger partial charge in [-0.1, -0.05) is 15.9 Å². The van der Waals surface area contributed by atoms with Gasteiger partial charge in [-0.15, -0.1) is 0 Å². The fourth-order valence-electron chi connectivity index (χ4n) is 1.91. The molecule has 0 fully saturated rings. The van der Waals surface area contributed by atoms with Crippen LogP contribution in [-0.2, 0) is 11.3 Å². The summed E-state index contributed by atoms with van der Waals surface area (Å²) in [5.74, 6) is 0.866. The Kier molecular flexibility index (Phi) is 6.80. The third-order valence-electron chi connectivity index (χ3n) is 2.69. The van der Waals surface area contributed by atoms with Gasteiger partial charge in [0.1, 0.15) is 5.75 Å². The SMILES string of the molecule is CCOC(C)(C)CNCc1cc(Br)cc(Br)c1OC. The second-order valence-corrected chi connectivity index (χ2v) is 6.65. The average molecular weight is 395 g/mol. The number of rotatable bonds is 7. The van der Waals surface area contributed by atoms with Crippen LogP contribution < -0.4 is 10.1 Å². The predicted octanol–water partition coefficient (Wildman–Crippen LogP) is 4.12. The minimum Gasteiger partial charge on any atom is -0.495 e. The minimum atomic E-state index is -0.161. The maximum atomic E-state index is 5.66. The summed E-state index contributed by atoms with van der Waals surface area (Å²) in [7, 11) is 1.68. The number of hydrogen-bond donors (Lipinski definition) is 1. The molecule has 1 rings (SSSR count). The Morgan fingerprint density at radius 3 is 2.53 bits per heavy atom. The molecule has 5 heteroatoms. The highest BCUT2D eigenvalue weighted by Crippen LogP contribution is 2.32. The lowest BCUT2D eigenvalue weighted by Crippen LogP contribution is -2.37. The number of hydrogen-bond acceptors (Lipinski definition) is 3. The molecule has 0 aliphatic carbocycles. The third-order valence-corrected chi connectivity index (χ3v) is 3.74. The van der Waals surface area contributed by atoms with E-state index in [0.717, 1.165) is 40.0 Å². The van der Waals surface area contributed by atoms with Crippen LogP contribution in [-0.4, -0.2) is 25.9 Å². The van der Waals surface area contributed by atoms with Crippen LogP contribution in [0.15, 0.2) is 21.1 Å². The van der Waals surface area contributed by atoms with Crippen LogP contribution in [0.2, 0.25) is 0 Å². The van der Waals surface area contributed by atoms with Gasteiger partial charge in [0.2, 0.25) is 0 Å². The first-order valence-corrected chi connectivity index (χ1v) is 7.85. The molecule has 0 aromatic heterocycles. The Hall–Kier alpha value is -0.100. The molecule has 0 aliphatic heterocycles. The second-order valence-electron chi connectivity index (χ2n) is 4.88. The van der Waals surface area contributed by atoms with Crippen molar-refractivity contribution in [2.75, 3.05) is 20.3 Å². The summed E-state index contributed by atoms with van der Waals surface area (Å²) in [5.41, 5.74) is 0.946. The van der Waals surface area contributed by atoms with Crippen LogP contribution in [0.4, 0.5) is 0 Å². The molecule has 1 aromatic carbocycles. The summed E-state index contributed by atoms with van der Waals surface area (Å²) in [6.07, 6.45) is 0. The van der Waals surface area contributed by atoms with Crippen molar-refractivity contribution in [2.24, 2.45) is 0 Å². The molecule has 3 nitrogen and oxygen atoms in total. The maximum absolute atomic E-state index is 5.66. The fourth-order valence-corrected chi connectivity index (χ4v) is 3.39. The quantitative estimate of drug-likeness (QED) is 0.754. The molecule has 1 N–H and O–H groups in total. The van der Waals surface area contributed by atoms with Crippen molar-refractivity contribution in [1.29, 1.82) is 0 Å². The third kappa shape index (κ3) is 5.42. The Morgan fingerprint density at radius 1 is 1.26 bits per heavy atom. The molecule has 0 unspecified atom stereocenters. The molecule has 0 saturated carbocycles. The van der Waals surface area contributed by atoms with Gasteiger partial charge < -0.3 is 14.8 Å². The standard InChI is InChI=1S/C14H21Br2NO2/c1-5-19-14(2,3)9-17-8-10-6-11(15)7-12(16)13(10)18-4/h6-7,17H,5,8-9H2,1-4H3. The first-order valence-electron chi connectivity index (χ1n) is 6.26. The molecule has 0 atom stereocenters. The van der Waals surface area contributed by atoms with E-state index in [1.54, 1.807) is 7.11 Å². The van der Waals surface area contributed by atoms with Crippen molar-refractivity contribution in [3.8, 4) is 5.75 Å². The lowest BCUT2D eigenvalue weighted by Gasteiger charge is -2.25. The molecular formula is C14H21Br2NO2. The van der Waals surface area contributed by atoms with Crippen molar-refractivity contribution in [1.82, 2.24) is 5.32 Å². The van der Waals surface area contributed by atoms with E-state index >= 15 is 0 Å². The molecule has 0 radical (unpaired) electrons. The summed E-state index contributed by atoms with van der Waals surface area (Å²) in [6, 6.07) is 4.04. The summed E-state index contributed by atoms with van der Waals surface area (Å²) in [4.78, 5) is 0. The van der Waals surface area contributed by atoms with E-state index in [2.05, 4.69) is 57.1 Å². The van der Waals surface area contributed by atoms with Crippen molar-refractivity contribution in [3.63, 3.8) is 0 Å². The van der Waals surface area contributed by atoms with E-state index in [9.17, 15) is 0 Å². The second kappa shape index (κ2) is 7.62. The number of methoxy groups -OCH3 is 1. The van der Waals surface area contributed by atoms with Crippen LogP contribution in [0.1, 0.15) is 26.3 Å². The molecule has 0 aliphatic rings. The number of halogens is 2. The Labute approximate surface area is 132 Å². The number of nitrogens with one attached hydrogen (secondary N) is 1. The number of benzene rings is 1. The maximum Gasteiger partial charge on any atom is 0.137 e. The molecule has 108 valence electrons. The summed E-state index contributed by atoms with van der Waals surface area (Å²) in [5, 5.41) is 3.41. The van der Waals surface area contributed by atoms with Gasteiger partial charge in [0.05, 0.1) is 17.2 Å². The fraction of sp³-hybridized carbons (Fsp3) is 0.571. The van der Waals surface area contributed by atoms with Crippen LogP contribution in [0.3, 0.4) is 0 Å². The van der Waals surface area contributed by atoms with Crippen LogP contribution in [0, 0.1) is 0 Å². The van der Waals surface area contributed by atoms with Crippen LogP contribution in [0.5, 0.6) is 5.75 Å². The molecule has 1 aromatic rings. The van der Waals surface area contributed by atoms with Crippen LogP contribution in [0.25, 0.3) is 0 Å². The summed E-state index contributed by atoms with van der Waals surface area (Å²) < 4.78 is 13.1. The first-order chi connectivity index (χ1) is 8.89. The first kappa shape index (κ1) is 17.0. The van der Waals surface area contributed by atoms with E-state index in [1.807, 2.05) is 13.0 Å². The van der Waals surface area contributed by atoms with Crippen molar-refractivity contribution in [3.05, 3.63) is 26.6 Å². The van der Waals surface area contributed by atoms with Gasteiger partial charge in [0, 0.05) is 29.7 Å². The normalized spacial score (nSPS) is 11.7. The summed E-state index contributed by atoms with van der Waals surface area (Å²) in [6.45, 7) is 8.41. The zero-order valence-electron chi connectivity index (χ0n) is 11.8. The Morgan fingerprint density at radius 2 is 1.95 bits per heavy atom. The van der Waals surface area contributed by atoms with Crippen molar-refractivity contribution < 1.29 is 9.47 Å². The molecular weight excluding hydrogens is 374 g/mol. The van der Waals surface area contributed by atoms with Gasteiger partial charge in [0.15, 0.2) is 0 Å². The Balaban J connectivity index is 2.67. The lowest BCUT2D eigenvalue weighted by molar-refractivity contribution is -0.00900. The largest absolute Gasteiger partial charge is 0.495 e. The average Bonchev–Trinajstić information content (AvgIpc) is 2.28. The molecule has 0 heterocycles. The highest BCUT2D eigenvalue weighted by molar-refractivity contribution is 9.11. The van der Waals surface area contributed by atoms with E-state index in [1.165, 1.54) is 0 Å². The Bertz CT molecular complexity index is 422. The van der Waals surface area contributed by atoms with Crippen molar-refractivity contribution >= 4 is 31.9 Å². The van der Waals surface area contributed by atoms with E-state index in [4.69, 9.17) is 9.47 Å². The van der Waals surface area contributed by atoms with E-state index in [0.29, 0.717) is 0 Å². The monoisotopic (exact) mass is 393 g/mol. The predicted molar refractivity (Wildman–Crippen MR) is 85.8 cm³/mol. The smallest absolute Gasteiger partial charge is 0.137 e. The van der Waals surface area contributed by atoms with Crippen molar-refractivity contribution in [2.45, 2.75) is 32.9 Å². The van der Waals surface area contributed by atoms with Gasteiger partial charge in [-0.3, -0.25) is 0 Å². The molecule has 0 spiro atoms. The zero-order chi connectivity index (χ0) is 14.5. The number of ether oxygens (including phenoxy) is 2. The van der Waals surface area contributed by atoms with E-state index in [-0.39, 0.29) is 5.60 Å². The zero-order valence-corrected chi connectivity index (χ0v) is 15.0. The molecule has 19 heavy (non-hydrogen) atoms. The van der Waals surface area contributed by atoms with Gasteiger partial charge in [-0.05, 0) is 48.8 Å². The van der Waals surface area contributed by atoms with Gasteiger partial charge in [0.25, 0.3) is 0 Å².